The van der Waals surface area contributed by atoms with Crippen molar-refractivity contribution in [1.29, 1.82) is 0 Å². The zero-order valence-corrected chi connectivity index (χ0v) is 12.7. The molecule has 0 heterocycles. The Morgan fingerprint density at radius 3 is 2.19 bits per heavy atom. The van der Waals surface area contributed by atoms with Crippen molar-refractivity contribution < 1.29 is 26.0 Å². The topological polar surface area (TPSA) is 46.2 Å². The van der Waals surface area contributed by atoms with Gasteiger partial charge in [0, 0.05) is 6.54 Å². The summed E-state index contributed by atoms with van der Waals surface area (Å²) in [4.78, 5) is -1.09. The molecule has 0 aliphatic rings. The van der Waals surface area contributed by atoms with Crippen LogP contribution in [0.5, 0.6) is 0 Å². The SMILES string of the molecule is CC(C)(C)CCNc1ccc(F)cc1S(=O)(=O)C(F)(F)F. The Kier molecular flexibility index (Phi) is 4.92. The molecule has 0 spiro atoms. The lowest BCUT2D eigenvalue weighted by atomic mass is 9.92. The lowest BCUT2D eigenvalue weighted by Crippen LogP contribution is -2.25. The van der Waals surface area contributed by atoms with Crippen molar-refractivity contribution in [3.05, 3.63) is 24.0 Å². The first-order chi connectivity index (χ1) is 9.34. The van der Waals surface area contributed by atoms with Crippen LogP contribution in [0.4, 0.5) is 23.2 Å². The first-order valence-electron chi connectivity index (χ1n) is 6.19. The minimum Gasteiger partial charge on any atom is -0.384 e. The minimum atomic E-state index is -5.60. The minimum absolute atomic E-state index is 0.0733. The van der Waals surface area contributed by atoms with Gasteiger partial charge in [-0.2, -0.15) is 13.2 Å². The Hall–Kier alpha value is -1.31. The molecule has 0 radical (unpaired) electrons. The average molecular weight is 327 g/mol. The van der Waals surface area contributed by atoms with Gasteiger partial charge in [0.1, 0.15) is 10.7 Å². The molecule has 8 heteroatoms. The van der Waals surface area contributed by atoms with Gasteiger partial charge in [0.2, 0.25) is 0 Å². The van der Waals surface area contributed by atoms with Gasteiger partial charge in [0.05, 0.1) is 5.69 Å². The van der Waals surface area contributed by atoms with Crippen molar-refractivity contribution in [3.63, 3.8) is 0 Å². The normalized spacial score (nSPS) is 13.3. The molecule has 3 nitrogen and oxygen atoms in total. The highest BCUT2D eigenvalue weighted by Crippen LogP contribution is 2.35. The molecule has 0 aliphatic carbocycles. The van der Waals surface area contributed by atoms with Gasteiger partial charge in [-0.3, -0.25) is 0 Å². The number of hydrogen-bond acceptors (Lipinski definition) is 3. The molecular weight excluding hydrogens is 310 g/mol. The summed E-state index contributed by atoms with van der Waals surface area (Å²) >= 11 is 0. The van der Waals surface area contributed by atoms with E-state index in [-0.39, 0.29) is 17.6 Å². The Bertz CT molecular complexity index is 604. The van der Waals surface area contributed by atoms with Crippen LogP contribution in [0.2, 0.25) is 0 Å². The molecule has 0 aromatic heterocycles. The molecule has 0 fully saturated rings. The highest BCUT2D eigenvalue weighted by atomic mass is 32.2. The molecule has 0 atom stereocenters. The second kappa shape index (κ2) is 5.82. The van der Waals surface area contributed by atoms with E-state index in [1.54, 1.807) is 0 Å². The summed E-state index contributed by atoms with van der Waals surface area (Å²) in [5.41, 5.74) is -5.80. The number of halogens is 4. The van der Waals surface area contributed by atoms with Crippen molar-refractivity contribution in [2.45, 2.75) is 37.6 Å². The van der Waals surface area contributed by atoms with E-state index in [2.05, 4.69) is 5.32 Å². The Labute approximate surface area is 121 Å². The van der Waals surface area contributed by atoms with Gasteiger partial charge in [-0.15, -0.1) is 0 Å². The second-order valence-electron chi connectivity index (χ2n) is 5.83. The fourth-order valence-corrected chi connectivity index (χ4v) is 2.51. The maximum Gasteiger partial charge on any atom is 0.501 e. The van der Waals surface area contributed by atoms with E-state index >= 15 is 0 Å². The molecule has 0 aliphatic heterocycles. The van der Waals surface area contributed by atoms with Crippen LogP contribution < -0.4 is 5.32 Å². The van der Waals surface area contributed by atoms with E-state index in [4.69, 9.17) is 0 Å². The van der Waals surface area contributed by atoms with Crippen LogP contribution in [0.25, 0.3) is 0 Å². The van der Waals surface area contributed by atoms with Gasteiger partial charge in [-0.05, 0) is 30.0 Å². The monoisotopic (exact) mass is 327 g/mol. The largest absolute Gasteiger partial charge is 0.501 e. The number of rotatable bonds is 4. The van der Waals surface area contributed by atoms with Crippen LogP contribution in [0, 0.1) is 11.2 Å². The van der Waals surface area contributed by atoms with Crippen LogP contribution in [0.15, 0.2) is 23.1 Å². The standard InChI is InChI=1S/C13H17F4NO2S/c1-12(2,3)6-7-18-10-5-4-9(14)8-11(10)21(19,20)13(15,16)17/h4-5,8,18H,6-7H2,1-3H3. The van der Waals surface area contributed by atoms with Crippen molar-refractivity contribution in [2.75, 3.05) is 11.9 Å². The van der Waals surface area contributed by atoms with E-state index < -0.39 is 26.1 Å². The molecule has 21 heavy (non-hydrogen) atoms. The van der Waals surface area contributed by atoms with Gasteiger partial charge >= 0.3 is 5.51 Å². The van der Waals surface area contributed by atoms with Crippen LogP contribution in [-0.2, 0) is 9.84 Å². The first kappa shape index (κ1) is 17.7. The van der Waals surface area contributed by atoms with Gasteiger partial charge in [0.25, 0.3) is 9.84 Å². The van der Waals surface area contributed by atoms with Crippen molar-refractivity contribution in [1.82, 2.24) is 0 Å². The van der Waals surface area contributed by atoms with Gasteiger partial charge < -0.3 is 5.32 Å². The van der Waals surface area contributed by atoms with Crippen LogP contribution in [-0.4, -0.2) is 20.5 Å². The highest BCUT2D eigenvalue weighted by molar-refractivity contribution is 7.92. The Morgan fingerprint density at radius 1 is 1.14 bits per heavy atom. The number of sulfone groups is 1. The molecule has 1 aromatic rings. The van der Waals surface area contributed by atoms with Crippen LogP contribution >= 0.6 is 0 Å². The molecule has 1 N–H and O–H groups in total. The summed E-state index contributed by atoms with van der Waals surface area (Å²) in [6.07, 6.45) is 0.607. The van der Waals surface area contributed by atoms with Gasteiger partial charge in [0.15, 0.2) is 0 Å². The van der Waals surface area contributed by atoms with E-state index in [0.29, 0.717) is 12.5 Å². The zero-order valence-electron chi connectivity index (χ0n) is 11.9. The molecule has 0 unspecified atom stereocenters. The zero-order chi connectivity index (χ0) is 16.5. The fraction of sp³-hybridized carbons (Fsp3) is 0.538. The molecule has 1 aromatic carbocycles. The van der Waals surface area contributed by atoms with Crippen molar-refractivity contribution in [2.24, 2.45) is 5.41 Å². The van der Waals surface area contributed by atoms with Crippen LogP contribution in [0.3, 0.4) is 0 Å². The van der Waals surface area contributed by atoms with E-state index in [0.717, 1.165) is 12.1 Å². The Balaban J connectivity index is 3.13. The summed E-state index contributed by atoms with van der Waals surface area (Å²) in [6.45, 7) is 6.08. The molecule has 0 saturated carbocycles. The molecule has 0 amide bonds. The fourth-order valence-electron chi connectivity index (χ4n) is 1.56. The average Bonchev–Trinajstić information content (AvgIpc) is 2.27. The predicted molar refractivity (Wildman–Crippen MR) is 72.2 cm³/mol. The lowest BCUT2D eigenvalue weighted by molar-refractivity contribution is -0.0435. The molecular formula is C13H17F4NO2S. The first-order valence-corrected chi connectivity index (χ1v) is 7.68. The molecule has 0 bridgehead atoms. The quantitative estimate of drug-likeness (QED) is 0.851. The summed E-state index contributed by atoms with van der Waals surface area (Å²) in [5, 5.41) is 2.63. The third-order valence-electron chi connectivity index (χ3n) is 2.73. The maximum absolute atomic E-state index is 13.1. The molecule has 1 rings (SSSR count). The van der Waals surface area contributed by atoms with Gasteiger partial charge in [-0.25, -0.2) is 12.8 Å². The van der Waals surface area contributed by atoms with Crippen molar-refractivity contribution in [3.8, 4) is 0 Å². The predicted octanol–water partition coefficient (Wildman–Crippen LogP) is 3.97. The number of alkyl halides is 3. The number of hydrogen-bond donors (Lipinski definition) is 1. The molecule has 120 valence electrons. The van der Waals surface area contributed by atoms with E-state index in [9.17, 15) is 26.0 Å². The van der Waals surface area contributed by atoms with Crippen LogP contribution in [0.1, 0.15) is 27.2 Å². The number of anilines is 1. The van der Waals surface area contributed by atoms with E-state index in [1.165, 1.54) is 0 Å². The summed E-state index contributed by atoms with van der Waals surface area (Å²) in [5.74, 6) is -1.04. The second-order valence-corrected chi connectivity index (χ2v) is 7.74. The lowest BCUT2D eigenvalue weighted by Gasteiger charge is -2.20. The third kappa shape index (κ3) is 4.59. The third-order valence-corrected chi connectivity index (χ3v) is 4.25. The number of benzene rings is 1. The Morgan fingerprint density at radius 2 is 1.71 bits per heavy atom. The summed E-state index contributed by atoms with van der Waals surface area (Å²) in [7, 11) is -5.60. The van der Waals surface area contributed by atoms with Gasteiger partial charge in [-0.1, -0.05) is 20.8 Å². The summed E-state index contributed by atoms with van der Waals surface area (Å²) in [6, 6.07) is 2.29. The van der Waals surface area contributed by atoms with E-state index in [1.807, 2.05) is 20.8 Å². The summed E-state index contributed by atoms with van der Waals surface area (Å²) < 4.78 is 73.8. The smallest absolute Gasteiger partial charge is 0.384 e. The number of nitrogens with one attached hydrogen (secondary N) is 1. The highest BCUT2D eigenvalue weighted by Gasteiger charge is 2.48. The maximum atomic E-state index is 13.1. The molecule has 0 saturated heterocycles. The van der Waals surface area contributed by atoms with Crippen molar-refractivity contribution >= 4 is 15.5 Å².